The minimum absolute atomic E-state index is 0.814. The molecule has 0 saturated carbocycles. The molecule has 0 aliphatic rings. The van der Waals surface area contributed by atoms with Crippen molar-refractivity contribution in [2.45, 2.75) is 19.3 Å². The number of aryl methyl sites for hydroxylation is 1. The van der Waals surface area contributed by atoms with Crippen molar-refractivity contribution >= 4 is 12.6 Å². The van der Waals surface area contributed by atoms with Crippen LogP contribution in [0.25, 0.3) is 0 Å². The smallest absolute Gasteiger partial charge is 0.0110 e. The van der Waals surface area contributed by atoms with Gasteiger partial charge in [0, 0.05) is 5.75 Å². The Morgan fingerprint density at radius 1 is 1.23 bits per heavy atom. The molecule has 0 amide bonds. The van der Waals surface area contributed by atoms with E-state index in [1.165, 1.54) is 17.6 Å². The van der Waals surface area contributed by atoms with E-state index in [0.717, 1.165) is 18.6 Å². The van der Waals surface area contributed by atoms with Gasteiger partial charge in [-0.05, 0) is 24.8 Å². The van der Waals surface area contributed by atoms with E-state index in [1.54, 1.807) is 0 Å². The zero-order valence-corrected chi connectivity index (χ0v) is 8.76. The quantitative estimate of drug-likeness (QED) is 0.536. The molecule has 1 aromatic carbocycles. The average Bonchev–Trinajstić information content (AvgIpc) is 2.19. The van der Waals surface area contributed by atoms with Crippen molar-refractivity contribution < 1.29 is 0 Å². The number of hydrogen-bond acceptors (Lipinski definition) is 1. The van der Waals surface area contributed by atoms with E-state index in [0.29, 0.717) is 0 Å². The molecule has 0 atom stereocenters. The van der Waals surface area contributed by atoms with Crippen molar-refractivity contribution in [3.05, 3.63) is 48.0 Å². The molecular weight excluding hydrogens is 176 g/mol. The monoisotopic (exact) mass is 192 g/mol. The van der Waals surface area contributed by atoms with Crippen molar-refractivity contribution in [3.63, 3.8) is 0 Å². The fourth-order valence-electron chi connectivity index (χ4n) is 1.27. The summed E-state index contributed by atoms with van der Waals surface area (Å²) < 4.78 is 0. The van der Waals surface area contributed by atoms with E-state index in [2.05, 4.69) is 49.5 Å². The first kappa shape index (κ1) is 10.4. The topological polar surface area (TPSA) is 0 Å². The Hall–Kier alpha value is -0.690. The van der Waals surface area contributed by atoms with Crippen LogP contribution in [-0.4, -0.2) is 5.75 Å². The molecule has 0 N–H and O–H groups in total. The largest absolute Gasteiger partial charge is 0.175 e. The van der Waals surface area contributed by atoms with Gasteiger partial charge in [0.25, 0.3) is 0 Å². The van der Waals surface area contributed by atoms with Crippen LogP contribution in [0.4, 0.5) is 0 Å². The molecule has 70 valence electrons. The molecule has 1 aromatic rings. The lowest BCUT2D eigenvalue weighted by molar-refractivity contribution is 0.816. The first-order chi connectivity index (χ1) is 6.33. The third kappa shape index (κ3) is 4.18. The molecule has 0 aliphatic carbocycles. The van der Waals surface area contributed by atoms with E-state index >= 15 is 0 Å². The van der Waals surface area contributed by atoms with Gasteiger partial charge in [0.1, 0.15) is 0 Å². The number of rotatable bonds is 5. The molecule has 0 aliphatic heterocycles. The third-order valence-corrected chi connectivity index (χ3v) is 2.51. The van der Waals surface area contributed by atoms with Crippen molar-refractivity contribution in [2.75, 3.05) is 5.75 Å². The van der Waals surface area contributed by atoms with Crippen LogP contribution in [0.1, 0.15) is 18.4 Å². The van der Waals surface area contributed by atoms with Gasteiger partial charge < -0.3 is 0 Å². The highest BCUT2D eigenvalue weighted by molar-refractivity contribution is 7.80. The minimum atomic E-state index is 0.814. The van der Waals surface area contributed by atoms with E-state index in [9.17, 15) is 0 Å². The van der Waals surface area contributed by atoms with Crippen molar-refractivity contribution in [2.24, 2.45) is 0 Å². The molecule has 0 nitrogen and oxygen atoms in total. The lowest BCUT2D eigenvalue weighted by Crippen LogP contribution is -1.88. The van der Waals surface area contributed by atoms with Gasteiger partial charge in [0.2, 0.25) is 0 Å². The first-order valence-electron chi connectivity index (χ1n) is 4.64. The summed E-state index contributed by atoms with van der Waals surface area (Å²) in [4.78, 5) is 0. The third-order valence-electron chi connectivity index (χ3n) is 2.06. The molecule has 0 bridgehead atoms. The zero-order chi connectivity index (χ0) is 9.52. The Kier molecular flexibility index (Phi) is 4.69. The zero-order valence-electron chi connectivity index (χ0n) is 7.87. The first-order valence-corrected chi connectivity index (χ1v) is 5.27. The molecule has 0 heterocycles. The highest BCUT2D eigenvalue weighted by Crippen LogP contribution is 2.09. The normalized spacial score (nSPS) is 9.92. The van der Waals surface area contributed by atoms with E-state index in [1.807, 2.05) is 0 Å². The Balaban J connectivity index is 2.24. The van der Waals surface area contributed by atoms with Gasteiger partial charge in [-0.3, -0.25) is 0 Å². The molecule has 1 rings (SSSR count). The second kappa shape index (κ2) is 5.87. The molecule has 0 aromatic heterocycles. The lowest BCUT2D eigenvalue weighted by Gasteiger charge is -2.02. The molecule has 0 saturated heterocycles. The SMILES string of the molecule is C=C(CS)CCCc1ccccc1. The van der Waals surface area contributed by atoms with Crippen LogP contribution in [0.5, 0.6) is 0 Å². The fourth-order valence-corrected chi connectivity index (χ4v) is 1.42. The molecule has 1 heteroatoms. The Labute approximate surface area is 86.1 Å². The summed E-state index contributed by atoms with van der Waals surface area (Å²) >= 11 is 4.18. The van der Waals surface area contributed by atoms with Gasteiger partial charge in [-0.1, -0.05) is 42.5 Å². The Morgan fingerprint density at radius 2 is 1.92 bits per heavy atom. The minimum Gasteiger partial charge on any atom is -0.175 e. The summed E-state index contributed by atoms with van der Waals surface area (Å²) in [5.41, 5.74) is 2.65. The van der Waals surface area contributed by atoms with E-state index in [-0.39, 0.29) is 0 Å². The molecule has 0 unspecified atom stereocenters. The van der Waals surface area contributed by atoms with Crippen LogP contribution < -0.4 is 0 Å². The van der Waals surface area contributed by atoms with Crippen LogP contribution in [-0.2, 0) is 6.42 Å². The van der Waals surface area contributed by atoms with Gasteiger partial charge in [0.05, 0.1) is 0 Å². The highest BCUT2D eigenvalue weighted by Gasteiger charge is 1.93. The summed E-state index contributed by atoms with van der Waals surface area (Å²) in [6.45, 7) is 3.93. The Bertz CT molecular complexity index is 251. The molecule has 0 radical (unpaired) electrons. The van der Waals surface area contributed by atoms with Gasteiger partial charge in [-0.2, -0.15) is 12.6 Å². The van der Waals surface area contributed by atoms with Crippen molar-refractivity contribution in [1.82, 2.24) is 0 Å². The average molecular weight is 192 g/mol. The second-order valence-electron chi connectivity index (χ2n) is 3.25. The summed E-state index contributed by atoms with van der Waals surface area (Å²) in [7, 11) is 0. The standard InChI is InChI=1S/C12H16S/c1-11(10-13)6-5-9-12-7-3-2-4-8-12/h2-4,7-8,13H,1,5-6,9-10H2. The van der Waals surface area contributed by atoms with Crippen LogP contribution in [0.2, 0.25) is 0 Å². The van der Waals surface area contributed by atoms with E-state index < -0.39 is 0 Å². The molecule has 0 spiro atoms. The van der Waals surface area contributed by atoms with Crippen LogP contribution in [0.3, 0.4) is 0 Å². The second-order valence-corrected chi connectivity index (χ2v) is 3.56. The predicted octanol–water partition coefficient (Wildman–Crippen LogP) is 3.50. The van der Waals surface area contributed by atoms with E-state index in [4.69, 9.17) is 0 Å². The van der Waals surface area contributed by atoms with Crippen LogP contribution in [0.15, 0.2) is 42.5 Å². The predicted molar refractivity (Wildman–Crippen MR) is 62.4 cm³/mol. The number of hydrogen-bond donors (Lipinski definition) is 1. The fraction of sp³-hybridized carbons (Fsp3) is 0.333. The lowest BCUT2D eigenvalue weighted by atomic mass is 10.1. The number of thiol groups is 1. The van der Waals surface area contributed by atoms with Gasteiger partial charge in [-0.15, -0.1) is 0 Å². The maximum Gasteiger partial charge on any atom is 0.0110 e. The molecule has 0 fully saturated rings. The highest BCUT2D eigenvalue weighted by atomic mass is 32.1. The van der Waals surface area contributed by atoms with Crippen molar-refractivity contribution in [3.8, 4) is 0 Å². The summed E-state index contributed by atoms with van der Waals surface area (Å²) in [6.07, 6.45) is 3.43. The summed E-state index contributed by atoms with van der Waals surface area (Å²) in [5, 5.41) is 0. The van der Waals surface area contributed by atoms with Crippen molar-refractivity contribution in [1.29, 1.82) is 0 Å². The maximum atomic E-state index is 4.18. The van der Waals surface area contributed by atoms with Crippen LogP contribution in [0, 0.1) is 0 Å². The Morgan fingerprint density at radius 3 is 2.54 bits per heavy atom. The van der Waals surface area contributed by atoms with Gasteiger partial charge in [0.15, 0.2) is 0 Å². The van der Waals surface area contributed by atoms with Crippen LogP contribution >= 0.6 is 12.6 Å². The summed E-state index contributed by atoms with van der Waals surface area (Å²) in [5.74, 6) is 0.814. The van der Waals surface area contributed by atoms with Gasteiger partial charge in [-0.25, -0.2) is 0 Å². The molecular formula is C12H16S. The van der Waals surface area contributed by atoms with Gasteiger partial charge >= 0.3 is 0 Å². The number of benzene rings is 1. The molecule has 13 heavy (non-hydrogen) atoms. The maximum absolute atomic E-state index is 4.18. The summed E-state index contributed by atoms with van der Waals surface area (Å²) in [6, 6.07) is 10.6.